The monoisotopic (exact) mass is 428 g/mol. The number of carbonyl (C=O) groups is 1. The van der Waals surface area contributed by atoms with Gasteiger partial charge in [0.15, 0.2) is 23.1 Å². The van der Waals surface area contributed by atoms with Gasteiger partial charge >= 0.3 is 5.97 Å². The maximum Gasteiger partial charge on any atom is 0.308 e. The van der Waals surface area contributed by atoms with Gasteiger partial charge in [-0.2, -0.15) is 10.2 Å². The lowest BCUT2D eigenvalue weighted by molar-refractivity contribution is -0.141. The van der Waals surface area contributed by atoms with E-state index in [0.717, 1.165) is 6.20 Å². The van der Waals surface area contributed by atoms with E-state index < -0.39 is 29.6 Å². The first kappa shape index (κ1) is 20.3. The third-order valence-electron chi connectivity index (χ3n) is 4.93. The molecule has 4 heterocycles. The minimum Gasteiger partial charge on any atom is -0.481 e. The fourth-order valence-electron chi connectivity index (χ4n) is 2.99. The van der Waals surface area contributed by atoms with E-state index >= 15 is 4.39 Å². The molecule has 0 spiro atoms. The molecule has 0 aliphatic carbocycles. The molecular formula is C19H18F2N8O2. The van der Waals surface area contributed by atoms with E-state index in [2.05, 4.69) is 35.6 Å². The van der Waals surface area contributed by atoms with Crippen molar-refractivity contribution in [3.05, 3.63) is 36.3 Å². The highest BCUT2D eigenvalue weighted by Crippen LogP contribution is 2.31. The number of carboxylic acid groups (broad SMARTS) is 1. The molecule has 0 aliphatic rings. The first-order chi connectivity index (χ1) is 14.7. The molecule has 0 fully saturated rings. The second-order valence-corrected chi connectivity index (χ2v) is 7.14. The number of aryl methyl sites for hydroxylation is 1. The van der Waals surface area contributed by atoms with E-state index in [1.807, 2.05) is 0 Å². The minimum atomic E-state index is -1.04. The summed E-state index contributed by atoms with van der Waals surface area (Å²) in [5, 5.41) is 23.2. The number of aromatic amines is 1. The average molecular weight is 428 g/mol. The van der Waals surface area contributed by atoms with Gasteiger partial charge in [-0.3, -0.25) is 14.6 Å². The van der Waals surface area contributed by atoms with Gasteiger partial charge in [0, 0.05) is 24.8 Å². The molecule has 31 heavy (non-hydrogen) atoms. The van der Waals surface area contributed by atoms with Crippen LogP contribution in [0.1, 0.15) is 13.8 Å². The SMILES string of the molecule is C[C@H](Nc1nc(-c2n[nH]c3ncc(F)cc23)nc(-c2cnn(C)c2)c1F)[C@H](C)C(=O)O. The number of carboxylic acids is 1. The number of fused-ring (bicyclic) bond motifs is 1. The Bertz CT molecular complexity index is 1290. The highest BCUT2D eigenvalue weighted by molar-refractivity contribution is 5.89. The molecule has 0 amide bonds. The number of rotatable bonds is 6. The Balaban J connectivity index is 1.88. The van der Waals surface area contributed by atoms with Crippen molar-refractivity contribution >= 4 is 22.8 Å². The Labute approximate surface area is 174 Å². The summed E-state index contributed by atoms with van der Waals surface area (Å²) in [5.74, 6) is -3.40. The summed E-state index contributed by atoms with van der Waals surface area (Å²) in [4.78, 5) is 23.7. The summed E-state index contributed by atoms with van der Waals surface area (Å²) < 4.78 is 30.6. The molecule has 4 aromatic heterocycles. The second-order valence-electron chi connectivity index (χ2n) is 7.14. The van der Waals surface area contributed by atoms with Crippen LogP contribution in [0.15, 0.2) is 24.7 Å². The van der Waals surface area contributed by atoms with Gasteiger partial charge in [-0.15, -0.1) is 0 Å². The van der Waals surface area contributed by atoms with Gasteiger partial charge in [-0.1, -0.05) is 0 Å². The molecular weight excluding hydrogens is 410 g/mol. The topological polar surface area (TPSA) is 134 Å². The molecule has 0 saturated carbocycles. The lowest BCUT2D eigenvalue weighted by Crippen LogP contribution is -2.30. The maximum absolute atomic E-state index is 15.3. The lowest BCUT2D eigenvalue weighted by Gasteiger charge is -2.19. The molecule has 4 rings (SSSR count). The summed E-state index contributed by atoms with van der Waals surface area (Å²) >= 11 is 0. The van der Waals surface area contributed by atoms with E-state index in [0.29, 0.717) is 16.6 Å². The van der Waals surface area contributed by atoms with Crippen LogP contribution in [0.5, 0.6) is 0 Å². The fraction of sp³-hybridized carbons (Fsp3) is 0.263. The van der Waals surface area contributed by atoms with Gasteiger partial charge in [-0.25, -0.2) is 23.7 Å². The number of nitrogens with zero attached hydrogens (tertiary/aromatic N) is 6. The Morgan fingerprint density at radius 1 is 1.23 bits per heavy atom. The molecule has 0 bridgehead atoms. The first-order valence-corrected chi connectivity index (χ1v) is 9.30. The number of halogens is 2. The molecule has 0 aliphatic heterocycles. The number of hydrogen-bond acceptors (Lipinski definition) is 7. The van der Waals surface area contributed by atoms with Gasteiger partial charge in [0.2, 0.25) is 0 Å². The Morgan fingerprint density at radius 2 is 2.00 bits per heavy atom. The number of nitrogens with one attached hydrogen (secondary N) is 2. The second kappa shape index (κ2) is 7.70. The maximum atomic E-state index is 15.3. The van der Waals surface area contributed by atoms with E-state index in [4.69, 9.17) is 0 Å². The smallest absolute Gasteiger partial charge is 0.308 e. The molecule has 0 saturated heterocycles. The zero-order chi connectivity index (χ0) is 22.3. The highest BCUT2D eigenvalue weighted by atomic mass is 19.1. The Kier molecular flexibility index (Phi) is 5.05. The van der Waals surface area contributed by atoms with Crippen LogP contribution in [0.25, 0.3) is 33.8 Å². The number of anilines is 1. The number of H-pyrrole nitrogens is 1. The number of pyridine rings is 1. The molecule has 2 atom stereocenters. The first-order valence-electron chi connectivity index (χ1n) is 9.30. The zero-order valence-corrected chi connectivity index (χ0v) is 16.8. The molecule has 12 heteroatoms. The molecule has 4 aromatic rings. The zero-order valence-electron chi connectivity index (χ0n) is 16.8. The molecule has 3 N–H and O–H groups in total. The Morgan fingerprint density at radius 3 is 2.68 bits per heavy atom. The van der Waals surface area contributed by atoms with Crippen molar-refractivity contribution in [1.82, 2.24) is 34.9 Å². The van der Waals surface area contributed by atoms with E-state index in [1.54, 1.807) is 20.2 Å². The third kappa shape index (κ3) is 3.79. The van der Waals surface area contributed by atoms with E-state index in [1.165, 1.54) is 23.9 Å². The van der Waals surface area contributed by atoms with E-state index in [-0.39, 0.29) is 23.0 Å². The predicted molar refractivity (Wildman–Crippen MR) is 107 cm³/mol. The molecule has 0 aromatic carbocycles. The van der Waals surface area contributed by atoms with Gasteiger partial charge in [-0.05, 0) is 19.9 Å². The van der Waals surface area contributed by atoms with Crippen molar-refractivity contribution in [1.29, 1.82) is 0 Å². The van der Waals surface area contributed by atoms with Gasteiger partial charge in [0.1, 0.15) is 17.2 Å². The summed E-state index contributed by atoms with van der Waals surface area (Å²) in [7, 11) is 1.68. The molecule has 10 nitrogen and oxygen atoms in total. The number of aromatic nitrogens is 7. The fourth-order valence-corrected chi connectivity index (χ4v) is 2.99. The summed E-state index contributed by atoms with van der Waals surface area (Å²) in [6.45, 7) is 3.10. The third-order valence-corrected chi connectivity index (χ3v) is 4.93. The van der Waals surface area contributed by atoms with Crippen molar-refractivity contribution in [2.24, 2.45) is 13.0 Å². The van der Waals surface area contributed by atoms with Crippen molar-refractivity contribution in [2.75, 3.05) is 5.32 Å². The summed E-state index contributed by atoms with van der Waals surface area (Å²) in [5.41, 5.74) is 0.815. The summed E-state index contributed by atoms with van der Waals surface area (Å²) in [6, 6.07) is 0.575. The van der Waals surface area contributed by atoms with Crippen LogP contribution < -0.4 is 5.32 Å². The number of hydrogen-bond donors (Lipinski definition) is 3. The van der Waals surface area contributed by atoms with Crippen LogP contribution in [0.4, 0.5) is 14.6 Å². The minimum absolute atomic E-state index is 0.0107. The normalized spacial score (nSPS) is 13.3. The van der Waals surface area contributed by atoms with Gasteiger partial charge in [0.05, 0.1) is 23.7 Å². The average Bonchev–Trinajstić information content (AvgIpc) is 3.34. The Hall–Kier alpha value is -3.96. The van der Waals surface area contributed by atoms with Crippen LogP contribution in [0, 0.1) is 17.6 Å². The van der Waals surface area contributed by atoms with Crippen molar-refractivity contribution in [3.63, 3.8) is 0 Å². The van der Waals surface area contributed by atoms with Crippen molar-refractivity contribution in [2.45, 2.75) is 19.9 Å². The van der Waals surface area contributed by atoms with Crippen LogP contribution in [0.2, 0.25) is 0 Å². The standard InChI is InChI=1S/C19H18F2N8O2/c1-8(19(30)31)9(2)24-17-13(21)14(10-5-23-29(3)7-10)25-18(26-17)15-12-4-11(20)6-22-16(12)28-27-15/h4-9H,1-3H3,(H,30,31)(H,22,27,28)(H,24,25,26)/t8-,9-/m0/s1. The highest BCUT2D eigenvalue weighted by Gasteiger charge is 2.25. The largest absolute Gasteiger partial charge is 0.481 e. The molecule has 0 radical (unpaired) electrons. The lowest BCUT2D eigenvalue weighted by atomic mass is 10.0. The van der Waals surface area contributed by atoms with Crippen molar-refractivity contribution in [3.8, 4) is 22.8 Å². The summed E-state index contributed by atoms with van der Waals surface area (Å²) in [6.07, 6.45) is 4.05. The molecule has 160 valence electrons. The van der Waals surface area contributed by atoms with Crippen molar-refractivity contribution < 1.29 is 18.7 Å². The predicted octanol–water partition coefficient (Wildman–Crippen LogP) is 2.61. The molecule has 0 unspecified atom stereocenters. The van der Waals surface area contributed by atoms with E-state index in [9.17, 15) is 14.3 Å². The number of aliphatic carboxylic acids is 1. The van der Waals surface area contributed by atoms with Crippen LogP contribution in [0.3, 0.4) is 0 Å². The van der Waals surface area contributed by atoms with Crippen LogP contribution >= 0.6 is 0 Å². The van der Waals surface area contributed by atoms with Crippen LogP contribution in [-0.4, -0.2) is 52.0 Å². The van der Waals surface area contributed by atoms with Gasteiger partial charge in [0.25, 0.3) is 0 Å². The van der Waals surface area contributed by atoms with Crippen LogP contribution in [-0.2, 0) is 11.8 Å². The quantitative estimate of drug-likeness (QED) is 0.427. The van der Waals surface area contributed by atoms with Gasteiger partial charge < -0.3 is 10.4 Å².